The van der Waals surface area contributed by atoms with Crippen LogP contribution in [0.2, 0.25) is 0 Å². The quantitative estimate of drug-likeness (QED) is 0.659. The standard InChI is InChI=1S/C16H20N2/c1-15(2)7-5-13(17-11-9-15)14-6-8-16(3,4)10-12-18-14/h5-12H,1-4H3. The van der Waals surface area contributed by atoms with Gasteiger partial charge in [0, 0.05) is 23.2 Å². The molecule has 2 nitrogen and oxygen atoms in total. The van der Waals surface area contributed by atoms with Crippen LogP contribution in [0.4, 0.5) is 0 Å². The van der Waals surface area contributed by atoms with Gasteiger partial charge in [-0.15, -0.1) is 0 Å². The molecule has 0 aromatic heterocycles. The topological polar surface area (TPSA) is 24.7 Å². The maximum absolute atomic E-state index is 4.47. The molecule has 0 N–H and O–H groups in total. The van der Waals surface area contributed by atoms with E-state index in [-0.39, 0.29) is 10.8 Å². The Bertz CT molecular complexity index is 461. The van der Waals surface area contributed by atoms with Crippen LogP contribution in [-0.2, 0) is 0 Å². The first-order valence-electron chi connectivity index (χ1n) is 6.28. The van der Waals surface area contributed by atoms with Gasteiger partial charge in [0.15, 0.2) is 0 Å². The van der Waals surface area contributed by atoms with Crippen molar-refractivity contribution >= 4 is 11.4 Å². The third-order valence-electron chi connectivity index (χ3n) is 3.04. The Morgan fingerprint density at radius 2 is 1.06 bits per heavy atom. The molecule has 0 spiro atoms. The zero-order valence-corrected chi connectivity index (χ0v) is 11.5. The van der Waals surface area contributed by atoms with Crippen LogP contribution in [0.1, 0.15) is 27.7 Å². The van der Waals surface area contributed by atoms with Crippen molar-refractivity contribution < 1.29 is 0 Å². The molecule has 0 amide bonds. The van der Waals surface area contributed by atoms with Gasteiger partial charge in [-0.05, 0) is 12.2 Å². The monoisotopic (exact) mass is 240 g/mol. The SMILES string of the molecule is CC1(C)C=CN=C(C2=NC=CC(C)(C)C=C2)C=C1. The predicted octanol–water partition coefficient (Wildman–Crippen LogP) is 4.09. The maximum Gasteiger partial charge on any atom is 0.0882 e. The van der Waals surface area contributed by atoms with Gasteiger partial charge in [-0.3, -0.25) is 9.98 Å². The lowest BCUT2D eigenvalue weighted by Gasteiger charge is -2.12. The molecule has 2 aliphatic rings. The molecule has 0 aromatic carbocycles. The van der Waals surface area contributed by atoms with Gasteiger partial charge >= 0.3 is 0 Å². The van der Waals surface area contributed by atoms with Gasteiger partial charge in [0.05, 0.1) is 11.4 Å². The van der Waals surface area contributed by atoms with Crippen molar-refractivity contribution in [2.45, 2.75) is 27.7 Å². The van der Waals surface area contributed by atoms with Crippen molar-refractivity contribution in [1.29, 1.82) is 0 Å². The maximum atomic E-state index is 4.47. The van der Waals surface area contributed by atoms with Crippen molar-refractivity contribution in [3.63, 3.8) is 0 Å². The first kappa shape index (κ1) is 12.7. The van der Waals surface area contributed by atoms with Gasteiger partial charge < -0.3 is 0 Å². The summed E-state index contributed by atoms with van der Waals surface area (Å²) >= 11 is 0. The van der Waals surface area contributed by atoms with Gasteiger partial charge in [0.25, 0.3) is 0 Å². The Labute approximate surface area is 109 Å². The summed E-state index contributed by atoms with van der Waals surface area (Å²) in [7, 11) is 0. The third-order valence-corrected chi connectivity index (χ3v) is 3.04. The van der Waals surface area contributed by atoms with Crippen LogP contribution in [0.15, 0.2) is 58.8 Å². The Morgan fingerprint density at radius 1 is 0.667 bits per heavy atom. The molecular weight excluding hydrogens is 220 g/mol. The summed E-state index contributed by atoms with van der Waals surface area (Å²) in [5.41, 5.74) is 1.93. The number of hydrogen-bond donors (Lipinski definition) is 0. The fourth-order valence-electron chi connectivity index (χ4n) is 1.71. The highest BCUT2D eigenvalue weighted by molar-refractivity contribution is 6.50. The van der Waals surface area contributed by atoms with E-state index in [1.165, 1.54) is 0 Å². The van der Waals surface area contributed by atoms with E-state index in [4.69, 9.17) is 0 Å². The molecule has 2 heterocycles. The van der Waals surface area contributed by atoms with Crippen LogP contribution in [0.25, 0.3) is 0 Å². The number of nitrogens with zero attached hydrogens (tertiary/aromatic N) is 2. The molecule has 0 fully saturated rings. The largest absolute Gasteiger partial charge is 0.255 e. The molecule has 0 aromatic rings. The Morgan fingerprint density at radius 3 is 1.44 bits per heavy atom. The van der Waals surface area contributed by atoms with Crippen molar-refractivity contribution in [3.05, 3.63) is 48.9 Å². The lowest BCUT2D eigenvalue weighted by Crippen LogP contribution is -2.09. The predicted molar refractivity (Wildman–Crippen MR) is 79.0 cm³/mol. The molecule has 0 radical (unpaired) electrons. The summed E-state index contributed by atoms with van der Waals surface area (Å²) in [5, 5.41) is 0. The summed E-state index contributed by atoms with van der Waals surface area (Å²) in [6.45, 7) is 8.64. The number of allylic oxidation sites excluding steroid dienone is 6. The fraction of sp³-hybridized carbons (Fsp3) is 0.375. The second-order valence-electron chi connectivity index (χ2n) is 5.97. The fourth-order valence-corrected chi connectivity index (χ4v) is 1.71. The van der Waals surface area contributed by atoms with Crippen molar-refractivity contribution in [1.82, 2.24) is 0 Å². The molecule has 0 saturated heterocycles. The van der Waals surface area contributed by atoms with Crippen molar-refractivity contribution in [2.75, 3.05) is 0 Å². The van der Waals surface area contributed by atoms with E-state index in [2.05, 4.69) is 74.1 Å². The highest BCUT2D eigenvalue weighted by atomic mass is 14.8. The molecular formula is C16H20N2. The van der Waals surface area contributed by atoms with Gasteiger partial charge in [0.1, 0.15) is 0 Å². The van der Waals surface area contributed by atoms with E-state index in [1.54, 1.807) is 0 Å². The van der Waals surface area contributed by atoms with Crippen LogP contribution in [0.3, 0.4) is 0 Å². The first-order valence-corrected chi connectivity index (χ1v) is 6.28. The summed E-state index contributed by atoms with van der Waals surface area (Å²) in [5.74, 6) is 0. The summed E-state index contributed by atoms with van der Waals surface area (Å²) < 4.78 is 0. The van der Waals surface area contributed by atoms with Crippen LogP contribution in [0.5, 0.6) is 0 Å². The lowest BCUT2D eigenvalue weighted by atomic mass is 9.92. The van der Waals surface area contributed by atoms with Gasteiger partial charge in [-0.2, -0.15) is 0 Å². The highest BCUT2D eigenvalue weighted by Gasteiger charge is 2.15. The Balaban J connectivity index is 2.30. The average molecular weight is 240 g/mol. The van der Waals surface area contributed by atoms with E-state index in [9.17, 15) is 0 Å². The second kappa shape index (κ2) is 4.52. The van der Waals surface area contributed by atoms with Gasteiger partial charge in [-0.25, -0.2) is 0 Å². The van der Waals surface area contributed by atoms with Crippen LogP contribution >= 0.6 is 0 Å². The lowest BCUT2D eigenvalue weighted by molar-refractivity contribution is 0.626. The summed E-state index contributed by atoms with van der Waals surface area (Å²) in [4.78, 5) is 8.93. The minimum atomic E-state index is 0.0510. The molecule has 0 aliphatic carbocycles. The normalized spacial score (nSPS) is 24.2. The molecule has 0 unspecified atom stereocenters. The minimum absolute atomic E-state index is 0.0510. The molecule has 0 saturated carbocycles. The summed E-state index contributed by atoms with van der Waals surface area (Å²) in [6.07, 6.45) is 16.3. The molecule has 0 bridgehead atoms. The third kappa shape index (κ3) is 3.16. The minimum Gasteiger partial charge on any atom is -0.255 e. The van der Waals surface area contributed by atoms with Gasteiger partial charge in [-0.1, -0.05) is 52.0 Å². The van der Waals surface area contributed by atoms with Crippen LogP contribution in [-0.4, -0.2) is 11.4 Å². The second-order valence-corrected chi connectivity index (χ2v) is 5.97. The number of aliphatic imine (C=N–C) groups is 2. The van der Waals surface area contributed by atoms with E-state index in [1.807, 2.05) is 12.4 Å². The van der Waals surface area contributed by atoms with Gasteiger partial charge in [0.2, 0.25) is 0 Å². The molecule has 2 aliphatic heterocycles. The van der Waals surface area contributed by atoms with Crippen LogP contribution in [0, 0.1) is 10.8 Å². The van der Waals surface area contributed by atoms with E-state index in [0.717, 1.165) is 11.4 Å². The summed E-state index contributed by atoms with van der Waals surface area (Å²) in [6, 6.07) is 0. The molecule has 94 valence electrons. The highest BCUT2D eigenvalue weighted by Crippen LogP contribution is 2.23. The first-order chi connectivity index (χ1) is 8.38. The molecule has 2 rings (SSSR count). The zero-order valence-electron chi connectivity index (χ0n) is 11.5. The Hall–Kier alpha value is -1.70. The average Bonchev–Trinajstić information content (AvgIpc) is 2.54. The van der Waals surface area contributed by atoms with E-state index in [0.29, 0.717) is 0 Å². The van der Waals surface area contributed by atoms with Crippen LogP contribution < -0.4 is 0 Å². The molecule has 2 heteroatoms. The molecule has 0 atom stereocenters. The Kier molecular flexibility index (Phi) is 3.20. The zero-order chi connectivity index (χ0) is 13.2. The smallest absolute Gasteiger partial charge is 0.0882 e. The number of hydrogen-bond acceptors (Lipinski definition) is 2. The van der Waals surface area contributed by atoms with Crippen molar-refractivity contribution in [3.8, 4) is 0 Å². The van der Waals surface area contributed by atoms with Crippen molar-refractivity contribution in [2.24, 2.45) is 20.8 Å². The number of rotatable bonds is 1. The van der Waals surface area contributed by atoms with E-state index >= 15 is 0 Å². The van der Waals surface area contributed by atoms with E-state index < -0.39 is 0 Å². The molecule has 18 heavy (non-hydrogen) atoms.